The van der Waals surface area contributed by atoms with Crippen LogP contribution in [0, 0.1) is 5.82 Å². The maximum absolute atomic E-state index is 13.1. The molecule has 3 aromatic rings. The molecule has 0 fully saturated rings. The lowest BCUT2D eigenvalue weighted by Gasteiger charge is -2.34. The monoisotopic (exact) mass is 439 g/mol. The fourth-order valence-electron chi connectivity index (χ4n) is 4.23. The second-order valence-electron chi connectivity index (χ2n) is 8.16. The van der Waals surface area contributed by atoms with E-state index in [4.69, 9.17) is 16.3 Å². The van der Waals surface area contributed by atoms with Crippen molar-refractivity contribution in [1.29, 1.82) is 0 Å². The third-order valence-corrected chi connectivity index (χ3v) is 6.61. The smallest absolute Gasteiger partial charge is 0.138 e. The molecule has 0 amide bonds. The molecule has 4 rings (SSSR count). The molecule has 162 valence electrons. The van der Waals surface area contributed by atoms with Crippen LogP contribution in [-0.2, 0) is 6.42 Å². The van der Waals surface area contributed by atoms with Crippen molar-refractivity contribution in [3.63, 3.8) is 0 Å². The second-order valence-corrected chi connectivity index (χ2v) is 8.54. The lowest BCUT2D eigenvalue weighted by Crippen LogP contribution is -2.40. The topological polar surface area (TPSA) is 32.7 Å². The third kappa shape index (κ3) is 4.77. The molecule has 0 aliphatic carbocycles. The molecule has 31 heavy (non-hydrogen) atoms. The molecule has 1 N–H and O–H groups in total. The molecule has 0 unspecified atom stereocenters. The molecule has 1 heterocycles. The van der Waals surface area contributed by atoms with Crippen LogP contribution >= 0.6 is 11.6 Å². The first-order valence-corrected chi connectivity index (χ1v) is 10.9. The maximum atomic E-state index is 13.1. The van der Waals surface area contributed by atoms with E-state index in [1.165, 1.54) is 17.7 Å². The first-order valence-electron chi connectivity index (χ1n) is 10.6. The van der Waals surface area contributed by atoms with E-state index in [9.17, 15) is 9.50 Å². The van der Waals surface area contributed by atoms with E-state index in [1.807, 2.05) is 42.5 Å². The molecule has 0 saturated heterocycles. The molecule has 2 atom stereocenters. The average molecular weight is 440 g/mol. The van der Waals surface area contributed by atoms with Gasteiger partial charge in [0.05, 0.1) is 18.2 Å². The fraction of sp³-hybridized carbons (Fsp3) is 0.308. The zero-order valence-electron chi connectivity index (χ0n) is 17.8. The molecule has 1 aliphatic rings. The van der Waals surface area contributed by atoms with E-state index in [2.05, 4.69) is 17.9 Å². The lowest BCUT2D eigenvalue weighted by atomic mass is 9.95. The SMILES string of the molecule is COc1ccc2cc([C@@H](O)[C@H](C)N3CC=C(Cc4ccc(F)cc4)CC3)ccc2c1Cl. The minimum atomic E-state index is -0.600. The Morgan fingerprint density at radius 3 is 2.58 bits per heavy atom. The highest BCUT2D eigenvalue weighted by molar-refractivity contribution is 6.37. The summed E-state index contributed by atoms with van der Waals surface area (Å²) in [5, 5.41) is 13.5. The number of aliphatic hydroxyl groups is 1. The summed E-state index contributed by atoms with van der Waals surface area (Å²) >= 11 is 6.42. The predicted molar refractivity (Wildman–Crippen MR) is 124 cm³/mol. The highest BCUT2D eigenvalue weighted by Crippen LogP contribution is 2.34. The van der Waals surface area contributed by atoms with Gasteiger partial charge >= 0.3 is 0 Å². The van der Waals surface area contributed by atoms with Crippen LogP contribution in [-0.4, -0.2) is 36.2 Å². The van der Waals surface area contributed by atoms with Gasteiger partial charge in [-0.3, -0.25) is 4.90 Å². The Hall–Kier alpha value is -2.40. The maximum Gasteiger partial charge on any atom is 0.138 e. The van der Waals surface area contributed by atoms with Crippen molar-refractivity contribution >= 4 is 22.4 Å². The number of aliphatic hydroxyl groups excluding tert-OH is 1. The minimum Gasteiger partial charge on any atom is -0.495 e. The van der Waals surface area contributed by atoms with Gasteiger partial charge in [-0.25, -0.2) is 4.39 Å². The van der Waals surface area contributed by atoms with E-state index >= 15 is 0 Å². The molecule has 0 spiro atoms. The lowest BCUT2D eigenvalue weighted by molar-refractivity contribution is 0.0624. The van der Waals surface area contributed by atoms with Gasteiger partial charge in [-0.15, -0.1) is 0 Å². The van der Waals surface area contributed by atoms with Crippen LogP contribution in [0.4, 0.5) is 4.39 Å². The van der Waals surface area contributed by atoms with Crippen molar-refractivity contribution < 1.29 is 14.2 Å². The van der Waals surface area contributed by atoms with Crippen LogP contribution in [0.25, 0.3) is 10.8 Å². The summed E-state index contributed by atoms with van der Waals surface area (Å²) in [5.41, 5.74) is 3.36. The van der Waals surface area contributed by atoms with Crippen molar-refractivity contribution in [2.45, 2.75) is 31.9 Å². The summed E-state index contributed by atoms with van der Waals surface area (Å²) in [4.78, 5) is 2.30. The highest BCUT2D eigenvalue weighted by Gasteiger charge is 2.25. The van der Waals surface area contributed by atoms with Gasteiger partial charge < -0.3 is 9.84 Å². The number of rotatable bonds is 6. The zero-order chi connectivity index (χ0) is 22.0. The van der Waals surface area contributed by atoms with Gasteiger partial charge in [0.15, 0.2) is 0 Å². The van der Waals surface area contributed by atoms with Gasteiger partial charge in [-0.1, -0.05) is 53.6 Å². The van der Waals surface area contributed by atoms with Gasteiger partial charge in [-0.05, 0) is 60.5 Å². The zero-order valence-corrected chi connectivity index (χ0v) is 18.6. The fourth-order valence-corrected chi connectivity index (χ4v) is 4.54. The van der Waals surface area contributed by atoms with E-state index in [0.29, 0.717) is 10.8 Å². The van der Waals surface area contributed by atoms with E-state index in [-0.39, 0.29) is 11.9 Å². The van der Waals surface area contributed by atoms with Crippen LogP contribution in [0.5, 0.6) is 5.75 Å². The van der Waals surface area contributed by atoms with Crippen molar-refractivity contribution in [3.8, 4) is 5.75 Å². The summed E-state index contributed by atoms with van der Waals surface area (Å²) in [7, 11) is 1.60. The normalized spacial score (nSPS) is 16.7. The van der Waals surface area contributed by atoms with Gasteiger partial charge in [0.25, 0.3) is 0 Å². The molecule has 1 aliphatic heterocycles. The second kappa shape index (κ2) is 9.39. The Bertz CT molecular complexity index is 1100. The van der Waals surface area contributed by atoms with Crippen LogP contribution < -0.4 is 4.74 Å². The van der Waals surface area contributed by atoms with Crippen molar-refractivity contribution in [1.82, 2.24) is 4.90 Å². The standard InChI is InChI=1S/C26H27ClFNO2/c1-17(29-13-11-19(12-14-29)15-18-3-7-22(28)8-4-18)26(30)21-5-9-23-20(16-21)6-10-24(31-2)25(23)27/h3-11,16-17,26,30H,12-15H2,1-2H3/t17-,26-/m0/s1. The van der Waals surface area contributed by atoms with E-state index < -0.39 is 6.10 Å². The molecule has 0 bridgehead atoms. The molecule has 3 nitrogen and oxygen atoms in total. The van der Waals surface area contributed by atoms with Gasteiger partial charge in [0.2, 0.25) is 0 Å². The summed E-state index contributed by atoms with van der Waals surface area (Å²) in [5.74, 6) is 0.442. The van der Waals surface area contributed by atoms with Gasteiger partial charge in [0, 0.05) is 24.5 Å². The number of methoxy groups -OCH3 is 1. The average Bonchev–Trinajstić information content (AvgIpc) is 2.80. The first kappa shape index (κ1) is 21.8. The minimum absolute atomic E-state index is 0.0187. The largest absolute Gasteiger partial charge is 0.495 e. The van der Waals surface area contributed by atoms with Crippen LogP contribution in [0.2, 0.25) is 5.02 Å². The number of fused-ring (bicyclic) bond motifs is 1. The summed E-state index contributed by atoms with van der Waals surface area (Å²) in [6.07, 6.45) is 3.43. The Morgan fingerprint density at radius 1 is 1.13 bits per heavy atom. The molecule has 0 saturated carbocycles. The molecular weight excluding hydrogens is 413 g/mol. The van der Waals surface area contributed by atoms with E-state index in [1.54, 1.807) is 7.11 Å². The number of ether oxygens (including phenoxy) is 1. The number of nitrogens with zero attached hydrogens (tertiary/aromatic N) is 1. The Labute approximate surface area is 187 Å². The van der Waals surface area contributed by atoms with Crippen LogP contribution in [0.3, 0.4) is 0 Å². The number of hydrogen-bond acceptors (Lipinski definition) is 3. The summed E-state index contributed by atoms with van der Waals surface area (Å²) < 4.78 is 18.4. The van der Waals surface area contributed by atoms with Crippen molar-refractivity contribution in [2.75, 3.05) is 20.2 Å². The third-order valence-electron chi connectivity index (χ3n) is 6.22. The van der Waals surface area contributed by atoms with E-state index in [0.717, 1.165) is 47.8 Å². The van der Waals surface area contributed by atoms with Gasteiger partial charge in [0.1, 0.15) is 11.6 Å². The number of hydrogen-bond donors (Lipinski definition) is 1. The Morgan fingerprint density at radius 2 is 1.90 bits per heavy atom. The Balaban J connectivity index is 1.44. The molecule has 3 aromatic carbocycles. The molecule has 5 heteroatoms. The molecule has 0 radical (unpaired) electrons. The summed E-state index contributed by atoms with van der Waals surface area (Å²) in [6, 6.07) is 16.4. The van der Waals surface area contributed by atoms with Crippen LogP contribution in [0.1, 0.15) is 30.6 Å². The molecule has 0 aromatic heterocycles. The van der Waals surface area contributed by atoms with Crippen LogP contribution in [0.15, 0.2) is 66.2 Å². The van der Waals surface area contributed by atoms with Gasteiger partial charge in [-0.2, -0.15) is 0 Å². The number of halogens is 2. The number of benzene rings is 3. The first-order chi connectivity index (χ1) is 15.0. The Kier molecular flexibility index (Phi) is 6.61. The summed E-state index contributed by atoms with van der Waals surface area (Å²) in [6.45, 7) is 3.75. The predicted octanol–water partition coefficient (Wildman–Crippen LogP) is 5.94. The highest BCUT2D eigenvalue weighted by atomic mass is 35.5. The van der Waals surface area contributed by atoms with Crippen molar-refractivity contribution in [2.24, 2.45) is 0 Å². The van der Waals surface area contributed by atoms with Crippen molar-refractivity contribution in [3.05, 3.63) is 88.2 Å². The molecular formula is C26H27ClFNO2. The quantitative estimate of drug-likeness (QED) is 0.482.